The van der Waals surface area contributed by atoms with Crippen LogP contribution in [0.2, 0.25) is 0 Å². The van der Waals surface area contributed by atoms with Crippen LogP contribution in [-0.4, -0.2) is 12.1 Å². The van der Waals surface area contributed by atoms with Gasteiger partial charge in [-0.3, -0.25) is 0 Å². The lowest BCUT2D eigenvalue weighted by atomic mass is 10.1. The van der Waals surface area contributed by atoms with Crippen LogP contribution in [-0.2, 0) is 7.05 Å². The van der Waals surface area contributed by atoms with Crippen molar-refractivity contribution < 1.29 is 4.68 Å². The maximum absolute atomic E-state index is 4.47. The van der Waals surface area contributed by atoms with Gasteiger partial charge in [0.25, 0.3) is 0 Å². The topological polar surface area (TPSA) is 28.8 Å². The molecule has 1 N–H and O–H groups in total. The molecular formula is C12H14N3+. The number of benzene rings is 1. The third-order valence-electron chi connectivity index (χ3n) is 2.29. The summed E-state index contributed by atoms with van der Waals surface area (Å²) in [5.74, 6) is 0. The molecule has 2 rings (SSSR count). The second-order valence-corrected chi connectivity index (χ2v) is 3.37. The van der Waals surface area contributed by atoms with E-state index < -0.39 is 0 Å². The highest BCUT2D eigenvalue weighted by molar-refractivity contribution is 5.72. The summed E-state index contributed by atoms with van der Waals surface area (Å²) in [4.78, 5) is 0. The monoisotopic (exact) mass is 200 g/mol. The van der Waals surface area contributed by atoms with Gasteiger partial charge in [0.2, 0.25) is 0 Å². The van der Waals surface area contributed by atoms with Crippen molar-refractivity contribution in [3.05, 3.63) is 42.6 Å². The highest BCUT2D eigenvalue weighted by Gasteiger charge is 2.09. The lowest BCUT2D eigenvalue weighted by molar-refractivity contribution is -0.729. The van der Waals surface area contributed by atoms with E-state index in [9.17, 15) is 0 Å². The number of aromatic nitrogens is 2. The van der Waals surface area contributed by atoms with Gasteiger partial charge in [-0.1, -0.05) is 35.0 Å². The van der Waals surface area contributed by atoms with Crippen LogP contribution in [0.4, 0.5) is 5.69 Å². The lowest BCUT2D eigenvalue weighted by Gasteiger charge is -2.04. The van der Waals surface area contributed by atoms with Gasteiger partial charge in [-0.2, -0.15) is 0 Å². The van der Waals surface area contributed by atoms with Gasteiger partial charge >= 0.3 is 0 Å². The molecule has 3 heteroatoms. The van der Waals surface area contributed by atoms with Gasteiger partial charge in [0.05, 0.1) is 5.69 Å². The van der Waals surface area contributed by atoms with Crippen LogP contribution < -0.4 is 10.00 Å². The minimum absolute atomic E-state index is 0.975. The molecule has 1 aromatic heterocycles. The maximum Gasteiger partial charge on any atom is 0.198 e. The number of hydrogen-bond donors (Lipinski definition) is 1. The molecule has 2 aromatic rings. The van der Waals surface area contributed by atoms with E-state index in [1.807, 2.05) is 49.2 Å². The third-order valence-corrected chi connectivity index (χ3v) is 2.29. The smallest absolute Gasteiger partial charge is 0.198 e. The highest BCUT2D eigenvalue weighted by Crippen LogP contribution is 2.22. The van der Waals surface area contributed by atoms with Crippen LogP contribution in [0.1, 0.15) is 0 Å². The van der Waals surface area contributed by atoms with Gasteiger partial charge in [0.1, 0.15) is 0 Å². The summed E-state index contributed by atoms with van der Waals surface area (Å²) in [5.41, 5.74) is 3.14. The van der Waals surface area contributed by atoms with Crippen molar-refractivity contribution in [2.24, 2.45) is 7.05 Å². The molecule has 0 unspecified atom stereocenters. The van der Waals surface area contributed by atoms with Crippen LogP contribution in [0.25, 0.3) is 11.3 Å². The van der Waals surface area contributed by atoms with Crippen LogP contribution in [0.3, 0.4) is 0 Å². The van der Waals surface area contributed by atoms with Crippen molar-refractivity contribution in [1.29, 1.82) is 0 Å². The molecular weight excluding hydrogens is 186 g/mol. The summed E-state index contributed by atoms with van der Waals surface area (Å²) in [6.45, 7) is 0. The molecule has 76 valence electrons. The molecule has 0 spiro atoms. The average molecular weight is 200 g/mol. The first-order chi connectivity index (χ1) is 7.31. The Balaban J connectivity index is 2.56. The fraction of sp³-hybridized carbons (Fsp3) is 0.167. The Bertz CT molecular complexity index is 452. The predicted molar refractivity (Wildman–Crippen MR) is 60.4 cm³/mol. The first kappa shape index (κ1) is 9.65. The Morgan fingerprint density at radius 3 is 2.53 bits per heavy atom. The zero-order valence-corrected chi connectivity index (χ0v) is 8.94. The Morgan fingerprint density at radius 1 is 1.13 bits per heavy atom. The van der Waals surface area contributed by atoms with Crippen LogP contribution in [0.15, 0.2) is 42.6 Å². The van der Waals surface area contributed by atoms with E-state index in [0.717, 1.165) is 16.9 Å². The number of nitrogens with one attached hydrogen (secondary N) is 1. The summed E-state index contributed by atoms with van der Waals surface area (Å²) in [6.07, 6.45) is 1.93. The molecule has 0 bridgehead atoms. The second-order valence-electron chi connectivity index (χ2n) is 3.37. The number of hydrogen-bond acceptors (Lipinski definition) is 2. The van der Waals surface area contributed by atoms with Crippen LogP contribution in [0, 0.1) is 0 Å². The highest BCUT2D eigenvalue weighted by atomic mass is 15.2. The van der Waals surface area contributed by atoms with E-state index in [-0.39, 0.29) is 0 Å². The maximum atomic E-state index is 4.47. The van der Waals surface area contributed by atoms with Gasteiger partial charge in [0, 0.05) is 23.8 Å². The summed E-state index contributed by atoms with van der Waals surface area (Å²) in [6, 6.07) is 12.2. The van der Waals surface area contributed by atoms with Gasteiger partial charge in [-0.15, -0.1) is 0 Å². The Kier molecular flexibility index (Phi) is 2.63. The van der Waals surface area contributed by atoms with E-state index in [2.05, 4.69) is 22.5 Å². The summed E-state index contributed by atoms with van der Waals surface area (Å²) in [7, 11) is 3.83. The molecule has 0 aliphatic carbocycles. The van der Waals surface area contributed by atoms with Crippen molar-refractivity contribution in [1.82, 2.24) is 5.10 Å². The lowest BCUT2D eigenvalue weighted by Crippen LogP contribution is -2.32. The van der Waals surface area contributed by atoms with Gasteiger partial charge in [-0.25, -0.2) is 0 Å². The fourth-order valence-electron chi connectivity index (χ4n) is 1.52. The van der Waals surface area contributed by atoms with E-state index in [4.69, 9.17) is 0 Å². The van der Waals surface area contributed by atoms with Crippen molar-refractivity contribution in [3.8, 4) is 11.3 Å². The number of rotatable bonds is 2. The normalized spacial score (nSPS) is 10.0. The number of aryl methyl sites for hydroxylation is 1. The van der Waals surface area contributed by atoms with Gasteiger partial charge in [0.15, 0.2) is 18.9 Å². The minimum Gasteiger partial charge on any atom is -0.386 e. The molecule has 1 heterocycles. The zero-order chi connectivity index (χ0) is 10.7. The minimum atomic E-state index is 0.975. The number of nitrogens with zero attached hydrogens (tertiary/aromatic N) is 2. The van der Waals surface area contributed by atoms with Gasteiger partial charge in [-0.05, 0) is 0 Å². The van der Waals surface area contributed by atoms with Crippen LogP contribution in [0.5, 0.6) is 0 Å². The molecule has 0 fully saturated rings. The summed E-state index contributed by atoms with van der Waals surface area (Å²) in [5, 5.41) is 7.61. The quantitative estimate of drug-likeness (QED) is 0.746. The summed E-state index contributed by atoms with van der Waals surface area (Å²) >= 11 is 0. The first-order valence-corrected chi connectivity index (χ1v) is 4.91. The van der Waals surface area contributed by atoms with Crippen LogP contribution >= 0.6 is 0 Å². The molecule has 0 saturated heterocycles. The van der Waals surface area contributed by atoms with E-state index in [1.165, 1.54) is 0 Å². The van der Waals surface area contributed by atoms with E-state index in [1.54, 1.807) is 0 Å². The van der Waals surface area contributed by atoms with Crippen molar-refractivity contribution in [3.63, 3.8) is 0 Å². The molecule has 0 atom stereocenters. The van der Waals surface area contributed by atoms with Gasteiger partial charge < -0.3 is 5.32 Å². The first-order valence-electron chi connectivity index (χ1n) is 4.91. The second kappa shape index (κ2) is 4.09. The molecule has 15 heavy (non-hydrogen) atoms. The predicted octanol–water partition coefficient (Wildman–Crippen LogP) is 1.61. The van der Waals surface area contributed by atoms with Crippen molar-refractivity contribution >= 4 is 5.69 Å². The Labute approximate surface area is 89.4 Å². The molecule has 3 nitrogen and oxygen atoms in total. The average Bonchev–Trinajstić information content (AvgIpc) is 2.30. The standard InChI is InChI=1S/C12H13N3/c1-13-11-8-9-15(2)14-12(11)10-6-4-3-5-7-10/h3-9H,1-2H3/p+1. The molecule has 0 amide bonds. The Morgan fingerprint density at radius 2 is 1.87 bits per heavy atom. The molecule has 0 aliphatic heterocycles. The molecule has 0 radical (unpaired) electrons. The molecule has 0 aliphatic rings. The van der Waals surface area contributed by atoms with E-state index >= 15 is 0 Å². The van der Waals surface area contributed by atoms with Crippen molar-refractivity contribution in [2.75, 3.05) is 12.4 Å². The third kappa shape index (κ3) is 1.96. The summed E-state index contributed by atoms with van der Waals surface area (Å²) < 4.78 is 1.81. The molecule has 1 aromatic carbocycles. The number of anilines is 1. The fourth-order valence-corrected chi connectivity index (χ4v) is 1.52. The largest absolute Gasteiger partial charge is 0.386 e. The molecule has 0 saturated carbocycles. The van der Waals surface area contributed by atoms with Crippen molar-refractivity contribution in [2.45, 2.75) is 0 Å². The van der Waals surface area contributed by atoms with E-state index in [0.29, 0.717) is 0 Å². The Hall–Kier alpha value is -1.90. The zero-order valence-electron chi connectivity index (χ0n) is 8.94. The SMILES string of the molecule is CNc1cc[n+](C)nc1-c1ccccc1.